The molecule has 0 unspecified atom stereocenters. The topological polar surface area (TPSA) is 42.6 Å². The monoisotopic (exact) mass is 1250 g/mol. The zero-order chi connectivity index (χ0) is 64.4. The molecule has 20 rings (SSSR count). The predicted octanol–water partition coefficient (Wildman–Crippen LogP) is 25.9. The number of nitrogens with zero attached hydrogens (tertiary/aromatic N) is 4. The first kappa shape index (κ1) is 55.3. The minimum Gasteiger partial charge on any atom is -0.454 e. The van der Waals surface area contributed by atoms with Gasteiger partial charge in [-0.1, -0.05) is 218 Å². The fourth-order valence-corrected chi connectivity index (χ4v) is 15.4. The molecule has 6 heteroatoms. The Morgan fingerprint density at radius 3 is 1.17 bits per heavy atom. The summed E-state index contributed by atoms with van der Waals surface area (Å²) in [7, 11) is 0. The van der Waals surface area contributed by atoms with E-state index in [2.05, 4.69) is 365 Å². The van der Waals surface area contributed by atoms with E-state index in [9.17, 15) is 0 Å². The molecule has 0 aliphatic carbocycles. The molecule has 458 valence electrons. The second kappa shape index (κ2) is 22.2. The molecule has 0 atom stereocenters. The van der Waals surface area contributed by atoms with Gasteiger partial charge in [0.25, 0.3) is 0 Å². The normalized spacial score (nSPS) is 11.9. The van der Waals surface area contributed by atoms with Gasteiger partial charge in [0.2, 0.25) is 0 Å². The molecule has 0 amide bonds. The maximum absolute atomic E-state index is 7.00. The Hall–Kier alpha value is -13.2. The summed E-state index contributed by atoms with van der Waals surface area (Å²) in [5.41, 5.74) is 22.7. The van der Waals surface area contributed by atoms with Crippen LogP contribution < -0.4 is 9.80 Å². The molecule has 0 spiro atoms. The van der Waals surface area contributed by atoms with E-state index in [4.69, 9.17) is 8.83 Å². The van der Waals surface area contributed by atoms with Gasteiger partial charge in [-0.15, -0.1) is 0 Å². The van der Waals surface area contributed by atoms with E-state index in [0.29, 0.717) is 0 Å². The first-order chi connectivity index (χ1) is 48.6. The highest BCUT2D eigenvalue weighted by Gasteiger charge is 2.26. The second-order valence-electron chi connectivity index (χ2n) is 25.6. The number of hydrogen-bond donors (Lipinski definition) is 0. The lowest BCUT2D eigenvalue weighted by molar-refractivity contribution is 0.668. The molecule has 20 aromatic rings. The fraction of sp³-hybridized carbons (Fsp3) is 0. The number of aromatic nitrogens is 2. The molecule has 0 aliphatic rings. The van der Waals surface area contributed by atoms with Crippen molar-refractivity contribution in [2.75, 3.05) is 9.80 Å². The molecule has 4 aromatic heterocycles. The largest absolute Gasteiger partial charge is 0.454 e. The van der Waals surface area contributed by atoms with E-state index >= 15 is 0 Å². The van der Waals surface area contributed by atoms with Crippen LogP contribution in [0.2, 0.25) is 0 Å². The molecule has 0 saturated carbocycles. The van der Waals surface area contributed by atoms with Crippen molar-refractivity contribution in [3.05, 3.63) is 352 Å². The average molecular weight is 1250 g/mol. The Bertz CT molecular complexity index is 6560. The zero-order valence-corrected chi connectivity index (χ0v) is 53.1. The van der Waals surface area contributed by atoms with Crippen LogP contribution in [0.5, 0.6) is 0 Å². The number of benzene rings is 16. The van der Waals surface area contributed by atoms with Crippen molar-refractivity contribution in [2.45, 2.75) is 0 Å². The van der Waals surface area contributed by atoms with E-state index in [1.54, 1.807) is 0 Å². The molecule has 0 saturated heterocycles. The third kappa shape index (κ3) is 8.96. The summed E-state index contributed by atoms with van der Waals surface area (Å²) in [4.78, 5) is 4.78. The number of fused-ring (bicyclic) bond motifs is 14. The Kier molecular flexibility index (Phi) is 12.6. The van der Waals surface area contributed by atoms with Gasteiger partial charge in [-0.3, -0.25) is 0 Å². The standard InChI is InChI=1S/C92H58N4O2/c1-5-22-59(23-6-1)61-28-19-33-71(50-61)93(83-38-20-36-79-77-34-15-17-40-89(77)97-91(79)83)72-44-46-76-82-54-68-48-64(42-43-65(68)56-86(82)96(87(76)57-72)70-31-11-4-12-32-70)67-49-66(60-24-7-2-8-25-60)51-74(52-67)94(84-39-21-37-80-78-35-16-18-41-90(78)98-92(80)84)73-45-47-75-81-53-62-26-13-14-27-63(62)55-85(81)95(88(75)58-73)69-29-9-3-10-30-69/h1-58H. The summed E-state index contributed by atoms with van der Waals surface area (Å²) >= 11 is 0. The molecule has 0 aliphatic heterocycles. The van der Waals surface area contributed by atoms with Crippen LogP contribution in [0.3, 0.4) is 0 Å². The minimum absolute atomic E-state index is 0.820. The molecule has 98 heavy (non-hydrogen) atoms. The van der Waals surface area contributed by atoms with Crippen LogP contribution >= 0.6 is 0 Å². The van der Waals surface area contributed by atoms with Crippen molar-refractivity contribution in [2.24, 2.45) is 0 Å². The summed E-state index contributed by atoms with van der Waals surface area (Å²) in [5.74, 6) is 0. The Balaban J connectivity index is 0.787. The lowest BCUT2D eigenvalue weighted by Gasteiger charge is -2.27. The predicted molar refractivity (Wildman–Crippen MR) is 410 cm³/mol. The van der Waals surface area contributed by atoms with Crippen molar-refractivity contribution in [1.82, 2.24) is 9.13 Å². The summed E-state index contributed by atoms with van der Waals surface area (Å²) in [6.07, 6.45) is 0. The number of anilines is 6. The maximum atomic E-state index is 7.00. The van der Waals surface area contributed by atoms with Crippen molar-refractivity contribution >= 4 is 143 Å². The third-order valence-corrected chi connectivity index (χ3v) is 19.9. The third-order valence-electron chi connectivity index (χ3n) is 19.9. The van der Waals surface area contributed by atoms with Crippen LogP contribution in [0, 0.1) is 0 Å². The van der Waals surface area contributed by atoms with Gasteiger partial charge in [0.05, 0.1) is 33.4 Å². The average Bonchev–Trinajstić information content (AvgIpc) is 1.57. The quantitative estimate of drug-likeness (QED) is 0.129. The first-order valence-electron chi connectivity index (χ1n) is 33.4. The van der Waals surface area contributed by atoms with Gasteiger partial charge in [-0.05, 0) is 188 Å². The molecule has 4 heterocycles. The highest BCUT2D eigenvalue weighted by molar-refractivity contribution is 6.18. The van der Waals surface area contributed by atoms with E-state index < -0.39 is 0 Å². The molecule has 6 nitrogen and oxygen atoms in total. The number of furan rings is 2. The van der Waals surface area contributed by atoms with Crippen molar-refractivity contribution in [1.29, 1.82) is 0 Å². The van der Waals surface area contributed by atoms with Crippen molar-refractivity contribution in [3.8, 4) is 44.8 Å². The number of para-hydroxylation sites is 6. The van der Waals surface area contributed by atoms with Gasteiger partial charge in [0, 0.05) is 77.2 Å². The minimum atomic E-state index is 0.820. The van der Waals surface area contributed by atoms with Gasteiger partial charge in [-0.25, -0.2) is 0 Å². The molecule has 16 aromatic carbocycles. The first-order valence-corrected chi connectivity index (χ1v) is 33.4. The smallest absolute Gasteiger partial charge is 0.159 e. The summed E-state index contributed by atoms with van der Waals surface area (Å²) in [6.45, 7) is 0. The highest BCUT2D eigenvalue weighted by Crippen LogP contribution is 2.49. The molecular formula is C92H58N4O2. The summed E-state index contributed by atoms with van der Waals surface area (Å²) < 4.78 is 18.7. The molecule has 0 N–H and O–H groups in total. The van der Waals surface area contributed by atoms with Crippen LogP contribution in [0.4, 0.5) is 34.1 Å². The molecule has 0 fully saturated rings. The highest BCUT2D eigenvalue weighted by atomic mass is 16.3. The van der Waals surface area contributed by atoms with Gasteiger partial charge < -0.3 is 27.8 Å². The molecule has 0 bridgehead atoms. The van der Waals surface area contributed by atoms with Crippen LogP contribution in [0.1, 0.15) is 0 Å². The van der Waals surface area contributed by atoms with E-state index in [0.717, 1.165) is 166 Å². The Labute approximate surface area is 564 Å². The lowest BCUT2D eigenvalue weighted by Crippen LogP contribution is -2.11. The van der Waals surface area contributed by atoms with Crippen LogP contribution in [0.25, 0.3) is 154 Å². The summed E-state index contributed by atoms with van der Waals surface area (Å²) in [6, 6.07) is 128. The van der Waals surface area contributed by atoms with Crippen LogP contribution in [-0.2, 0) is 0 Å². The maximum Gasteiger partial charge on any atom is 0.159 e. The van der Waals surface area contributed by atoms with Crippen LogP contribution in [-0.4, -0.2) is 9.13 Å². The van der Waals surface area contributed by atoms with E-state index in [-0.39, 0.29) is 0 Å². The van der Waals surface area contributed by atoms with Gasteiger partial charge >= 0.3 is 0 Å². The number of hydrogen-bond acceptors (Lipinski definition) is 4. The van der Waals surface area contributed by atoms with Crippen molar-refractivity contribution in [3.63, 3.8) is 0 Å². The fourth-order valence-electron chi connectivity index (χ4n) is 15.4. The van der Waals surface area contributed by atoms with Gasteiger partial charge in [0.1, 0.15) is 11.2 Å². The number of rotatable bonds is 11. The van der Waals surface area contributed by atoms with Crippen molar-refractivity contribution < 1.29 is 8.83 Å². The lowest BCUT2D eigenvalue weighted by atomic mass is 9.95. The zero-order valence-electron chi connectivity index (χ0n) is 53.1. The second-order valence-corrected chi connectivity index (χ2v) is 25.6. The van der Waals surface area contributed by atoms with Crippen LogP contribution in [0.15, 0.2) is 361 Å². The van der Waals surface area contributed by atoms with E-state index in [1.807, 2.05) is 6.07 Å². The Morgan fingerprint density at radius 1 is 0.204 bits per heavy atom. The van der Waals surface area contributed by atoms with E-state index in [1.165, 1.54) is 21.5 Å². The molecule has 0 radical (unpaired) electrons. The summed E-state index contributed by atoms with van der Waals surface area (Å²) in [5, 5.41) is 13.7. The SMILES string of the molecule is c1ccc(-c2cccc(N(c3ccc4c5cc6cc(-c7cc(-c8ccccc8)cc(N(c8ccc9c%10cc%11ccccc%11cc%10n(-c%10ccccc%10)c9c8)c8cccc9c8oc8ccccc89)c7)ccc6cc5n(-c5ccccc5)c4c3)c3cccc4c3oc3ccccc34)c2)cc1. The molecular weight excluding hydrogens is 1190 g/mol. The van der Waals surface area contributed by atoms with Gasteiger partial charge in [-0.2, -0.15) is 0 Å². The van der Waals surface area contributed by atoms with Gasteiger partial charge in [0.15, 0.2) is 11.2 Å². The Morgan fingerprint density at radius 2 is 0.602 bits per heavy atom.